The molecule has 0 spiro atoms. The Morgan fingerprint density at radius 3 is 2.76 bits per heavy atom. The first kappa shape index (κ1) is 23.4. The lowest BCUT2D eigenvalue weighted by Crippen LogP contribution is -2.19. The lowest BCUT2D eigenvalue weighted by molar-refractivity contribution is -0.115. The van der Waals surface area contributed by atoms with Crippen LogP contribution in [-0.2, 0) is 11.4 Å². The van der Waals surface area contributed by atoms with E-state index in [0.29, 0.717) is 37.8 Å². The predicted octanol–water partition coefficient (Wildman–Crippen LogP) is 6.00. The zero-order valence-electron chi connectivity index (χ0n) is 18.5. The number of benzene rings is 3. The molecule has 0 unspecified atom stereocenters. The second kappa shape index (κ2) is 10.5. The zero-order chi connectivity index (χ0) is 24.1. The quantitative estimate of drug-likeness (QED) is 0.429. The van der Waals surface area contributed by atoms with Crippen LogP contribution < -0.4 is 14.8 Å². The van der Waals surface area contributed by atoms with Gasteiger partial charge >= 0.3 is 0 Å². The average Bonchev–Trinajstić information content (AvgIpc) is 3.19. The summed E-state index contributed by atoms with van der Waals surface area (Å²) in [5.41, 5.74) is 3.69. The topological polar surface area (TPSA) is 83.7 Å². The maximum absolute atomic E-state index is 12.5. The van der Waals surface area contributed by atoms with Crippen molar-refractivity contribution in [1.29, 1.82) is 5.26 Å². The van der Waals surface area contributed by atoms with E-state index in [-0.39, 0.29) is 12.5 Å². The van der Waals surface area contributed by atoms with Gasteiger partial charge in [-0.25, -0.2) is 4.99 Å². The molecule has 8 heteroatoms. The van der Waals surface area contributed by atoms with Gasteiger partial charge in [0, 0.05) is 10.6 Å². The number of ether oxygens (including phenoxy) is 2. The van der Waals surface area contributed by atoms with E-state index in [1.54, 1.807) is 37.5 Å². The molecule has 1 amide bonds. The van der Waals surface area contributed by atoms with Crippen LogP contribution >= 0.6 is 23.4 Å². The van der Waals surface area contributed by atoms with Gasteiger partial charge in [0.2, 0.25) is 0 Å². The number of nitrogens with one attached hydrogen (secondary N) is 1. The molecular formula is C26H20ClN3O3S. The fraction of sp³-hybridized carbons (Fsp3) is 0.115. The molecule has 6 nitrogen and oxygen atoms in total. The fourth-order valence-electron chi connectivity index (χ4n) is 3.26. The number of aliphatic imine (C=N–C) groups is 1. The van der Waals surface area contributed by atoms with Gasteiger partial charge < -0.3 is 14.8 Å². The van der Waals surface area contributed by atoms with E-state index in [1.807, 2.05) is 43.3 Å². The summed E-state index contributed by atoms with van der Waals surface area (Å²) < 4.78 is 11.4. The number of amides is 1. The van der Waals surface area contributed by atoms with Crippen molar-refractivity contribution in [2.75, 3.05) is 7.11 Å². The van der Waals surface area contributed by atoms with Crippen molar-refractivity contribution in [2.24, 2.45) is 4.99 Å². The SMILES string of the molecule is COc1cc(/C=C2/SC(=Nc3cccc(Cl)c3C)NC2=O)ccc1OCc1ccccc1C#N. The minimum atomic E-state index is -0.226. The Balaban J connectivity index is 1.52. The van der Waals surface area contributed by atoms with E-state index < -0.39 is 0 Å². The molecule has 0 atom stereocenters. The number of rotatable bonds is 6. The van der Waals surface area contributed by atoms with Gasteiger partial charge in [0.05, 0.1) is 29.3 Å². The highest BCUT2D eigenvalue weighted by molar-refractivity contribution is 8.18. The first-order chi connectivity index (χ1) is 16.5. The van der Waals surface area contributed by atoms with Crippen molar-refractivity contribution in [3.63, 3.8) is 0 Å². The van der Waals surface area contributed by atoms with Gasteiger partial charge in [0.1, 0.15) is 6.61 Å². The minimum Gasteiger partial charge on any atom is -0.493 e. The Labute approximate surface area is 206 Å². The smallest absolute Gasteiger partial charge is 0.264 e. The van der Waals surface area contributed by atoms with Crippen molar-refractivity contribution in [1.82, 2.24) is 5.32 Å². The third-order valence-corrected chi connectivity index (χ3v) is 6.44. The maximum Gasteiger partial charge on any atom is 0.264 e. The normalized spacial score (nSPS) is 15.3. The highest BCUT2D eigenvalue weighted by Crippen LogP contribution is 2.34. The van der Waals surface area contributed by atoms with E-state index in [9.17, 15) is 10.1 Å². The Kier molecular flexibility index (Phi) is 7.21. The molecule has 34 heavy (non-hydrogen) atoms. The number of nitriles is 1. The lowest BCUT2D eigenvalue weighted by atomic mass is 10.1. The first-order valence-electron chi connectivity index (χ1n) is 10.3. The van der Waals surface area contributed by atoms with Crippen molar-refractivity contribution < 1.29 is 14.3 Å². The van der Waals surface area contributed by atoms with Crippen LogP contribution in [0.15, 0.2) is 70.6 Å². The standard InChI is InChI=1S/C26H20ClN3O3S/c1-16-20(27)8-5-9-21(16)29-26-30-25(31)24(34-26)13-17-10-11-22(23(12-17)32-2)33-15-19-7-4-3-6-18(19)14-28/h3-13H,15H2,1-2H3,(H,29,30,31)/b24-13+. The molecule has 0 aliphatic carbocycles. The summed E-state index contributed by atoms with van der Waals surface area (Å²) in [6.45, 7) is 2.12. The maximum atomic E-state index is 12.5. The molecule has 1 saturated heterocycles. The second-order valence-electron chi connectivity index (χ2n) is 7.33. The second-order valence-corrected chi connectivity index (χ2v) is 8.77. The predicted molar refractivity (Wildman–Crippen MR) is 135 cm³/mol. The Bertz CT molecular complexity index is 1360. The molecule has 3 aromatic rings. The summed E-state index contributed by atoms with van der Waals surface area (Å²) in [5.74, 6) is 0.839. The third-order valence-electron chi connectivity index (χ3n) is 5.12. The van der Waals surface area contributed by atoms with Gasteiger partial charge in [-0.1, -0.05) is 41.9 Å². The van der Waals surface area contributed by atoms with E-state index in [2.05, 4.69) is 16.4 Å². The van der Waals surface area contributed by atoms with E-state index >= 15 is 0 Å². The molecule has 0 aromatic heterocycles. The molecule has 1 N–H and O–H groups in total. The minimum absolute atomic E-state index is 0.226. The molecule has 0 radical (unpaired) electrons. The third kappa shape index (κ3) is 5.25. The largest absolute Gasteiger partial charge is 0.493 e. The van der Waals surface area contributed by atoms with Crippen LogP contribution in [0.2, 0.25) is 5.02 Å². The van der Waals surface area contributed by atoms with Crippen LogP contribution in [0.3, 0.4) is 0 Å². The number of halogens is 1. The molecule has 1 heterocycles. The van der Waals surface area contributed by atoms with E-state index in [4.69, 9.17) is 21.1 Å². The summed E-state index contributed by atoms with van der Waals surface area (Å²) >= 11 is 7.42. The van der Waals surface area contributed by atoms with E-state index in [0.717, 1.165) is 16.7 Å². The average molecular weight is 490 g/mol. The molecule has 1 aliphatic rings. The van der Waals surface area contributed by atoms with Crippen LogP contribution in [0, 0.1) is 18.3 Å². The molecule has 1 aliphatic heterocycles. The number of carbonyl (C=O) groups excluding carboxylic acids is 1. The van der Waals surface area contributed by atoms with Crippen molar-refractivity contribution in [2.45, 2.75) is 13.5 Å². The molecular weight excluding hydrogens is 470 g/mol. The molecule has 0 bridgehead atoms. The molecule has 4 rings (SSSR count). The van der Waals surface area contributed by atoms with Gasteiger partial charge in [-0.15, -0.1) is 0 Å². The van der Waals surface area contributed by atoms with Crippen LogP contribution in [0.5, 0.6) is 11.5 Å². The Hall–Kier alpha value is -3.73. The number of hydrogen-bond donors (Lipinski definition) is 1. The number of amidine groups is 1. The fourth-order valence-corrected chi connectivity index (χ4v) is 4.27. The van der Waals surface area contributed by atoms with Crippen LogP contribution in [-0.4, -0.2) is 18.2 Å². The number of nitrogens with zero attached hydrogens (tertiary/aromatic N) is 2. The molecule has 3 aromatic carbocycles. The highest BCUT2D eigenvalue weighted by Gasteiger charge is 2.24. The van der Waals surface area contributed by atoms with Crippen LogP contribution in [0.1, 0.15) is 22.3 Å². The van der Waals surface area contributed by atoms with Gasteiger partial charge in [0.15, 0.2) is 16.7 Å². The summed E-state index contributed by atoms with van der Waals surface area (Å²) in [6.07, 6.45) is 1.77. The Morgan fingerprint density at radius 1 is 1.15 bits per heavy atom. The zero-order valence-corrected chi connectivity index (χ0v) is 20.0. The van der Waals surface area contributed by atoms with Gasteiger partial charge in [-0.05, 0) is 66.2 Å². The number of hydrogen-bond acceptors (Lipinski definition) is 6. The van der Waals surface area contributed by atoms with Crippen molar-refractivity contribution in [3.05, 3.63) is 92.8 Å². The van der Waals surface area contributed by atoms with Gasteiger partial charge in [-0.2, -0.15) is 5.26 Å². The highest BCUT2D eigenvalue weighted by atomic mass is 35.5. The Morgan fingerprint density at radius 2 is 1.97 bits per heavy atom. The van der Waals surface area contributed by atoms with Crippen molar-refractivity contribution in [3.8, 4) is 17.6 Å². The summed E-state index contributed by atoms with van der Waals surface area (Å²) in [4.78, 5) is 17.5. The molecule has 0 saturated carbocycles. The van der Waals surface area contributed by atoms with Crippen molar-refractivity contribution >= 4 is 46.2 Å². The first-order valence-corrected chi connectivity index (χ1v) is 11.5. The molecule has 1 fully saturated rings. The van der Waals surface area contributed by atoms with Crippen LogP contribution in [0.25, 0.3) is 6.08 Å². The monoisotopic (exact) mass is 489 g/mol. The number of methoxy groups -OCH3 is 1. The number of carbonyl (C=O) groups is 1. The molecule has 170 valence electrons. The van der Waals surface area contributed by atoms with Crippen LogP contribution in [0.4, 0.5) is 5.69 Å². The van der Waals surface area contributed by atoms with Gasteiger partial charge in [0.25, 0.3) is 5.91 Å². The summed E-state index contributed by atoms with van der Waals surface area (Å²) in [5, 5.41) is 13.2. The summed E-state index contributed by atoms with van der Waals surface area (Å²) in [7, 11) is 1.55. The van der Waals surface area contributed by atoms with Gasteiger partial charge in [-0.3, -0.25) is 4.79 Å². The number of thioether (sulfide) groups is 1. The van der Waals surface area contributed by atoms with E-state index in [1.165, 1.54) is 11.8 Å². The lowest BCUT2D eigenvalue weighted by Gasteiger charge is -2.12. The summed E-state index contributed by atoms with van der Waals surface area (Å²) in [6, 6.07) is 20.3.